The Hall–Kier alpha value is -2.11. The number of para-hydroxylation sites is 1. The highest BCUT2D eigenvalue weighted by Crippen LogP contribution is 2.43. The van der Waals surface area contributed by atoms with Gasteiger partial charge < -0.3 is 9.31 Å². The minimum atomic E-state index is -2.47. The summed E-state index contributed by atoms with van der Waals surface area (Å²) in [4.78, 5) is 36.0. The van der Waals surface area contributed by atoms with Crippen LogP contribution in [0.4, 0.5) is 0 Å². The van der Waals surface area contributed by atoms with Crippen LogP contribution in [0.3, 0.4) is 0 Å². The molecule has 0 saturated carbocycles. The first-order valence-electron chi connectivity index (χ1n) is 5.83. The molecule has 7 nitrogen and oxygen atoms in total. The number of carbonyl (C=O) groups excluding carboxylic acids is 1. The standard InChI is InChI=1S/C12H10N3O4P/c1-15-14-13-11(20(15)18)10(16)8-6-7-4-2-3-5-9(7)19-12(8)17/h2-6,11,20H,1H3. The Labute approximate surface area is 114 Å². The van der Waals surface area contributed by atoms with Crippen LogP contribution in [-0.4, -0.2) is 23.4 Å². The molecular formula is C12H10N3O4P. The van der Waals surface area contributed by atoms with Crippen LogP contribution < -0.4 is 10.5 Å². The zero-order valence-corrected chi connectivity index (χ0v) is 11.4. The van der Waals surface area contributed by atoms with Crippen LogP contribution in [0.1, 0.15) is 10.4 Å². The third-order valence-corrected chi connectivity index (χ3v) is 4.58. The molecular weight excluding hydrogens is 281 g/mol. The van der Waals surface area contributed by atoms with Gasteiger partial charge >= 0.3 is 5.63 Å². The third-order valence-electron chi connectivity index (χ3n) is 3.01. The zero-order valence-electron chi connectivity index (χ0n) is 10.4. The van der Waals surface area contributed by atoms with Crippen molar-refractivity contribution in [3.63, 3.8) is 0 Å². The maximum Gasteiger partial charge on any atom is 0.347 e. The number of hydrogen-bond acceptors (Lipinski definition) is 7. The fourth-order valence-electron chi connectivity index (χ4n) is 1.95. The molecule has 0 bridgehead atoms. The highest BCUT2D eigenvalue weighted by molar-refractivity contribution is 7.49. The third kappa shape index (κ3) is 2.01. The Morgan fingerprint density at radius 1 is 1.45 bits per heavy atom. The molecule has 0 amide bonds. The molecule has 2 aromatic rings. The maximum absolute atomic E-state index is 12.3. The summed E-state index contributed by atoms with van der Waals surface area (Å²) in [6.45, 7) is 0. The summed E-state index contributed by atoms with van der Waals surface area (Å²) in [5.41, 5.74) is -0.513. The number of carbonyl (C=O) groups is 1. The Morgan fingerprint density at radius 3 is 2.90 bits per heavy atom. The Balaban J connectivity index is 2.06. The Kier molecular flexibility index (Phi) is 3.08. The van der Waals surface area contributed by atoms with Gasteiger partial charge in [0.15, 0.2) is 0 Å². The van der Waals surface area contributed by atoms with Gasteiger partial charge in [-0.25, -0.2) is 4.79 Å². The van der Waals surface area contributed by atoms with Gasteiger partial charge in [-0.1, -0.05) is 18.2 Å². The highest BCUT2D eigenvalue weighted by atomic mass is 31.2. The van der Waals surface area contributed by atoms with Crippen molar-refractivity contribution in [1.29, 1.82) is 0 Å². The van der Waals surface area contributed by atoms with Crippen molar-refractivity contribution in [2.45, 2.75) is 5.78 Å². The summed E-state index contributed by atoms with van der Waals surface area (Å²) < 4.78 is 6.23. The van der Waals surface area contributed by atoms with Crippen LogP contribution in [0.2, 0.25) is 0 Å². The summed E-state index contributed by atoms with van der Waals surface area (Å²) >= 11 is 0. The molecule has 2 heterocycles. The number of Topliss-reactive ketones (excluding diaryl/α,β-unsaturated/α-hetero) is 1. The molecule has 0 spiro atoms. The van der Waals surface area contributed by atoms with Crippen LogP contribution in [-0.2, 0) is 0 Å². The normalized spacial score (nSPS) is 21.6. The topological polar surface area (TPSA) is 98.3 Å². The second kappa shape index (κ2) is 4.77. The van der Waals surface area contributed by atoms with E-state index < -0.39 is 25.5 Å². The summed E-state index contributed by atoms with van der Waals surface area (Å²) in [7, 11) is -0.996. The molecule has 2 unspecified atom stereocenters. The largest absolute Gasteiger partial charge is 0.660 e. The van der Waals surface area contributed by atoms with E-state index in [1.54, 1.807) is 24.3 Å². The van der Waals surface area contributed by atoms with Gasteiger partial charge in [-0.2, -0.15) is 4.78 Å². The van der Waals surface area contributed by atoms with Gasteiger partial charge in [0.2, 0.25) is 5.78 Å². The maximum atomic E-state index is 12.3. The van der Waals surface area contributed by atoms with E-state index in [-0.39, 0.29) is 5.56 Å². The van der Waals surface area contributed by atoms with Crippen molar-refractivity contribution in [2.75, 3.05) is 7.05 Å². The number of nitrogens with zero attached hydrogens (tertiary/aromatic N) is 3. The first-order chi connectivity index (χ1) is 9.58. The Morgan fingerprint density at radius 2 is 2.20 bits per heavy atom. The Bertz CT molecular complexity index is 773. The summed E-state index contributed by atoms with van der Waals surface area (Å²) in [5.74, 6) is -1.74. The summed E-state index contributed by atoms with van der Waals surface area (Å²) in [6, 6.07) is 8.29. The van der Waals surface area contributed by atoms with Gasteiger partial charge in [0.25, 0.3) is 5.78 Å². The zero-order chi connectivity index (χ0) is 14.3. The van der Waals surface area contributed by atoms with E-state index >= 15 is 0 Å². The molecule has 1 aliphatic rings. The second-order valence-corrected chi connectivity index (χ2v) is 6.19. The van der Waals surface area contributed by atoms with Crippen LogP contribution in [0, 0.1) is 0 Å². The minimum absolute atomic E-state index is 0.152. The number of rotatable bonds is 2. The lowest BCUT2D eigenvalue weighted by Gasteiger charge is -2.15. The molecule has 0 saturated heterocycles. The lowest BCUT2D eigenvalue weighted by Crippen LogP contribution is -2.27. The van der Waals surface area contributed by atoms with E-state index in [1.807, 2.05) is 0 Å². The van der Waals surface area contributed by atoms with Crippen molar-refractivity contribution < 1.29 is 14.1 Å². The van der Waals surface area contributed by atoms with Gasteiger partial charge in [0, 0.05) is 5.39 Å². The highest BCUT2D eigenvalue weighted by Gasteiger charge is 2.38. The van der Waals surface area contributed by atoms with E-state index in [1.165, 1.54) is 13.1 Å². The van der Waals surface area contributed by atoms with Gasteiger partial charge in [0.1, 0.15) is 19.4 Å². The van der Waals surface area contributed by atoms with Crippen LogP contribution in [0.25, 0.3) is 11.0 Å². The van der Waals surface area contributed by atoms with Crippen molar-refractivity contribution >= 4 is 25.1 Å². The van der Waals surface area contributed by atoms with Crippen molar-refractivity contribution in [1.82, 2.24) is 4.78 Å². The second-order valence-electron chi connectivity index (χ2n) is 4.32. The number of fused-ring (bicyclic) bond motifs is 1. The van der Waals surface area contributed by atoms with Crippen molar-refractivity contribution in [3.05, 3.63) is 46.3 Å². The molecule has 0 N–H and O–H groups in total. The van der Waals surface area contributed by atoms with E-state index in [4.69, 9.17) is 4.42 Å². The van der Waals surface area contributed by atoms with Gasteiger partial charge in [0.05, 0.1) is 7.05 Å². The van der Waals surface area contributed by atoms with Crippen LogP contribution in [0.5, 0.6) is 0 Å². The van der Waals surface area contributed by atoms with Gasteiger partial charge in [-0.15, -0.1) is 5.11 Å². The van der Waals surface area contributed by atoms with E-state index in [2.05, 4.69) is 10.3 Å². The van der Waals surface area contributed by atoms with Crippen molar-refractivity contribution in [2.24, 2.45) is 10.3 Å². The molecule has 0 aliphatic carbocycles. The van der Waals surface area contributed by atoms with Crippen LogP contribution >= 0.6 is 8.30 Å². The van der Waals surface area contributed by atoms with E-state index in [9.17, 15) is 14.5 Å². The molecule has 1 aromatic heterocycles. The van der Waals surface area contributed by atoms with E-state index in [0.29, 0.717) is 11.0 Å². The fourth-order valence-corrected chi connectivity index (χ4v) is 2.97. The fraction of sp³-hybridized carbons (Fsp3) is 0.167. The van der Waals surface area contributed by atoms with Gasteiger partial charge in [-0.3, -0.25) is 4.79 Å². The first kappa shape index (κ1) is 12.9. The molecule has 102 valence electrons. The predicted octanol–water partition coefficient (Wildman–Crippen LogP) is 1.02. The van der Waals surface area contributed by atoms with Crippen molar-refractivity contribution in [3.8, 4) is 0 Å². The molecule has 1 aromatic carbocycles. The monoisotopic (exact) mass is 291 g/mol. The molecule has 0 radical (unpaired) electrons. The van der Waals surface area contributed by atoms with E-state index in [0.717, 1.165) is 4.78 Å². The molecule has 8 heteroatoms. The molecule has 20 heavy (non-hydrogen) atoms. The summed E-state index contributed by atoms with van der Waals surface area (Å²) in [6.07, 6.45) is 0. The average Bonchev–Trinajstić information content (AvgIpc) is 2.77. The SMILES string of the molecule is CN1N=NC(C(=O)c2cc3ccccc3oc2=O)[PH+]1[O-]. The molecule has 0 fully saturated rings. The molecule has 2 atom stereocenters. The summed E-state index contributed by atoms with van der Waals surface area (Å²) in [5, 5.41) is 7.85. The lowest BCUT2D eigenvalue weighted by molar-refractivity contribution is -0.169. The average molecular weight is 291 g/mol. The smallest absolute Gasteiger partial charge is 0.347 e. The molecule has 1 aliphatic heterocycles. The number of benzene rings is 1. The number of hydrogen-bond donors (Lipinski definition) is 0. The van der Waals surface area contributed by atoms with Gasteiger partial charge in [-0.05, 0) is 17.4 Å². The molecule has 3 rings (SSSR count). The predicted molar refractivity (Wildman–Crippen MR) is 71.5 cm³/mol. The lowest BCUT2D eigenvalue weighted by atomic mass is 10.1. The van der Waals surface area contributed by atoms with Crippen LogP contribution in [0.15, 0.2) is 49.9 Å². The minimum Gasteiger partial charge on any atom is -0.660 e. The first-order valence-corrected chi connectivity index (χ1v) is 7.26. The number of ketones is 1. The quantitative estimate of drug-likeness (QED) is 0.467.